The number of nitrogens with two attached hydrogens (primary N) is 1. The first kappa shape index (κ1) is 14.7. The molecule has 18 heavy (non-hydrogen) atoms. The number of rotatable bonds is 4. The van der Waals surface area contributed by atoms with Crippen molar-refractivity contribution in [1.29, 1.82) is 0 Å². The molecule has 0 aromatic heterocycles. The van der Waals surface area contributed by atoms with Crippen LogP contribution in [0.15, 0.2) is 22.7 Å². The molecule has 0 bridgehead atoms. The third-order valence-corrected chi connectivity index (χ3v) is 2.98. The molecule has 0 aliphatic carbocycles. The third kappa shape index (κ3) is 4.46. The highest BCUT2D eigenvalue weighted by Gasteiger charge is 2.10. The molecule has 0 atom stereocenters. The predicted octanol–water partition coefficient (Wildman–Crippen LogP) is 1.26. The Kier molecular flexibility index (Phi) is 5.80. The fourth-order valence-electron chi connectivity index (χ4n) is 1.33. The monoisotopic (exact) mass is 313 g/mol. The van der Waals surface area contributed by atoms with Crippen LogP contribution < -0.4 is 16.6 Å². The molecular formula is C12H16BrN3O2. The van der Waals surface area contributed by atoms with Crippen molar-refractivity contribution in [3.05, 3.63) is 33.8 Å². The molecule has 1 aromatic carbocycles. The lowest BCUT2D eigenvalue weighted by Crippen LogP contribution is -2.41. The van der Waals surface area contributed by atoms with Crippen LogP contribution in [-0.4, -0.2) is 18.4 Å². The van der Waals surface area contributed by atoms with Gasteiger partial charge in [0, 0.05) is 10.9 Å². The van der Waals surface area contributed by atoms with Crippen LogP contribution in [0.5, 0.6) is 0 Å². The van der Waals surface area contributed by atoms with E-state index >= 15 is 0 Å². The maximum Gasteiger partial charge on any atom is 0.270 e. The fourth-order valence-corrected chi connectivity index (χ4v) is 1.76. The van der Waals surface area contributed by atoms with Gasteiger partial charge in [0.1, 0.15) is 0 Å². The number of hydrazine groups is 1. The van der Waals surface area contributed by atoms with Crippen LogP contribution in [0.25, 0.3) is 0 Å². The van der Waals surface area contributed by atoms with Crippen LogP contribution in [0.2, 0.25) is 0 Å². The molecule has 4 N–H and O–H groups in total. The number of nitrogens with one attached hydrogen (secondary N) is 2. The first-order chi connectivity index (χ1) is 8.54. The molecule has 98 valence electrons. The van der Waals surface area contributed by atoms with E-state index in [2.05, 4.69) is 26.8 Å². The lowest BCUT2D eigenvalue weighted by molar-refractivity contribution is -0.121. The summed E-state index contributed by atoms with van der Waals surface area (Å²) in [5.74, 6) is -0.607. The van der Waals surface area contributed by atoms with Crippen LogP contribution in [-0.2, 0) is 4.79 Å². The van der Waals surface area contributed by atoms with Crippen molar-refractivity contribution in [3.63, 3.8) is 0 Å². The largest absolute Gasteiger partial charge is 0.330 e. The maximum absolute atomic E-state index is 11.8. The molecule has 0 spiro atoms. The topological polar surface area (TPSA) is 84.2 Å². The Morgan fingerprint density at radius 2 is 2.06 bits per heavy atom. The quantitative estimate of drug-likeness (QED) is 0.732. The van der Waals surface area contributed by atoms with Crippen molar-refractivity contribution in [2.24, 2.45) is 5.73 Å². The van der Waals surface area contributed by atoms with Gasteiger partial charge in [-0.2, -0.15) is 0 Å². The van der Waals surface area contributed by atoms with Crippen LogP contribution in [0.1, 0.15) is 28.8 Å². The first-order valence-corrected chi connectivity index (χ1v) is 6.39. The van der Waals surface area contributed by atoms with Gasteiger partial charge in [-0.25, -0.2) is 0 Å². The molecule has 0 saturated carbocycles. The summed E-state index contributed by atoms with van der Waals surface area (Å²) in [4.78, 5) is 23.1. The standard InChI is InChI=1S/C12H16BrN3O2/c1-8-4-5-10(13)9(7-8)12(18)16-15-11(17)3-2-6-14/h4-5,7H,2-3,6,14H2,1H3,(H,15,17)(H,16,18). The van der Waals surface area contributed by atoms with Crippen molar-refractivity contribution < 1.29 is 9.59 Å². The van der Waals surface area contributed by atoms with Gasteiger partial charge in [0.25, 0.3) is 5.91 Å². The summed E-state index contributed by atoms with van der Waals surface area (Å²) in [6, 6.07) is 5.42. The second-order valence-electron chi connectivity index (χ2n) is 3.88. The van der Waals surface area contributed by atoms with Gasteiger partial charge in [-0.05, 0) is 48.0 Å². The third-order valence-electron chi connectivity index (χ3n) is 2.29. The Morgan fingerprint density at radius 1 is 1.33 bits per heavy atom. The highest BCUT2D eigenvalue weighted by atomic mass is 79.9. The van der Waals surface area contributed by atoms with Gasteiger partial charge < -0.3 is 5.73 Å². The Labute approximate surface area is 114 Å². The number of carbonyl (C=O) groups excluding carboxylic acids is 2. The predicted molar refractivity (Wildman–Crippen MR) is 72.8 cm³/mol. The molecule has 0 radical (unpaired) electrons. The second kappa shape index (κ2) is 7.13. The lowest BCUT2D eigenvalue weighted by atomic mass is 10.1. The van der Waals surface area contributed by atoms with Gasteiger partial charge in [0.05, 0.1) is 5.56 Å². The van der Waals surface area contributed by atoms with Crippen molar-refractivity contribution >= 4 is 27.7 Å². The number of aryl methyl sites for hydroxylation is 1. The zero-order valence-corrected chi connectivity index (χ0v) is 11.7. The van der Waals surface area contributed by atoms with E-state index in [0.717, 1.165) is 5.56 Å². The van der Waals surface area contributed by atoms with Crippen molar-refractivity contribution in [2.75, 3.05) is 6.54 Å². The second-order valence-corrected chi connectivity index (χ2v) is 4.73. The molecule has 5 nitrogen and oxygen atoms in total. The van der Waals surface area contributed by atoms with Crippen LogP contribution in [0.4, 0.5) is 0 Å². The summed E-state index contributed by atoms with van der Waals surface area (Å²) in [6.07, 6.45) is 0.890. The Hall–Kier alpha value is -1.40. The molecular weight excluding hydrogens is 298 g/mol. The fraction of sp³-hybridized carbons (Fsp3) is 0.333. The number of amides is 2. The molecule has 0 heterocycles. The van der Waals surface area contributed by atoms with Gasteiger partial charge >= 0.3 is 0 Å². The number of benzene rings is 1. The summed E-state index contributed by atoms with van der Waals surface area (Å²) >= 11 is 3.29. The molecule has 6 heteroatoms. The Balaban J connectivity index is 2.55. The SMILES string of the molecule is Cc1ccc(Br)c(C(=O)NNC(=O)CCCN)c1. The minimum Gasteiger partial charge on any atom is -0.330 e. The summed E-state index contributed by atoms with van der Waals surface area (Å²) < 4.78 is 0.682. The van der Waals surface area contributed by atoms with Crippen molar-refractivity contribution in [2.45, 2.75) is 19.8 Å². The molecule has 0 saturated heterocycles. The van der Waals surface area contributed by atoms with Crippen LogP contribution in [0, 0.1) is 6.92 Å². The maximum atomic E-state index is 11.8. The summed E-state index contributed by atoms with van der Waals surface area (Å²) in [7, 11) is 0. The minimum atomic E-state index is -0.355. The van der Waals surface area contributed by atoms with Gasteiger partial charge in [0.15, 0.2) is 0 Å². The van der Waals surface area contributed by atoms with Gasteiger partial charge in [0.2, 0.25) is 5.91 Å². The lowest BCUT2D eigenvalue weighted by Gasteiger charge is -2.09. The van der Waals surface area contributed by atoms with Gasteiger partial charge in [-0.1, -0.05) is 11.6 Å². The molecule has 1 aromatic rings. The van der Waals surface area contributed by atoms with Crippen molar-refractivity contribution in [1.82, 2.24) is 10.9 Å². The van der Waals surface area contributed by atoms with E-state index in [-0.39, 0.29) is 11.8 Å². The zero-order valence-electron chi connectivity index (χ0n) is 10.1. The summed E-state index contributed by atoms with van der Waals surface area (Å²) in [5.41, 5.74) is 11.5. The van der Waals surface area contributed by atoms with Gasteiger partial charge in [-0.3, -0.25) is 20.4 Å². The van der Waals surface area contributed by atoms with E-state index in [1.54, 1.807) is 12.1 Å². The molecule has 1 rings (SSSR count). The van der Waals surface area contributed by atoms with Crippen LogP contribution >= 0.6 is 15.9 Å². The smallest absolute Gasteiger partial charge is 0.270 e. The van der Waals surface area contributed by atoms with E-state index in [0.29, 0.717) is 29.4 Å². The highest BCUT2D eigenvalue weighted by Crippen LogP contribution is 2.17. The number of hydrogen-bond acceptors (Lipinski definition) is 3. The van der Waals surface area contributed by atoms with E-state index in [1.807, 2.05) is 13.0 Å². The number of halogens is 1. The average Bonchev–Trinajstić information content (AvgIpc) is 2.36. The highest BCUT2D eigenvalue weighted by molar-refractivity contribution is 9.10. The van der Waals surface area contributed by atoms with E-state index in [1.165, 1.54) is 0 Å². The number of hydrogen-bond donors (Lipinski definition) is 3. The van der Waals surface area contributed by atoms with Crippen molar-refractivity contribution in [3.8, 4) is 0 Å². The van der Waals surface area contributed by atoms with E-state index < -0.39 is 0 Å². The average molecular weight is 314 g/mol. The summed E-state index contributed by atoms with van der Waals surface area (Å²) in [6.45, 7) is 2.34. The minimum absolute atomic E-state index is 0.252. The Bertz CT molecular complexity index is 449. The molecule has 2 amide bonds. The Morgan fingerprint density at radius 3 is 2.72 bits per heavy atom. The zero-order chi connectivity index (χ0) is 13.5. The van der Waals surface area contributed by atoms with E-state index in [9.17, 15) is 9.59 Å². The normalized spacial score (nSPS) is 9.94. The molecule has 0 unspecified atom stereocenters. The first-order valence-electron chi connectivity index (χ1n) is 5.60. The van der Waals surface area contributed by atoms with Gasteiger partial charge in [-0.15, -0.1) is 0 Å². The molecule has 0 aliphatic rings. The summed E-state index contributed by atoms with van der Waals surface area (Å²) in [5, 5.41) is 0. The van der Waals surface area contributed by atoms with Crippen LogP contribution in [0.3, 0.4) is 0 Å². The number of carbonyl (C=O) groups is 2. The molecule has 0 aliphatic heterocycles. The molecule has 0 fully saturated rings. The van der Waals surface area contributed by atoms with E-state index in [4.69, 9.17) is 5.73 Å².